The lowest BCUT2D eigenvalue weighted by atomic mass is 10.3. The molecular weight excluding hydrogens is 306 g/mol. The van der Waals surface area contributed by atoms with Crippen LogP contribution in [0.25, 0.3) is 0 Å². The molecule has 0 spiro atoms. The Morgan fingerprint density at radius 2 is 2.24 bits per heavy atom. The van der Waals surface area contributed by atoms with E-state index in [1.54, 1.807) is 0 Å². The van der Waals surface area contributed by atoms with Gasteiger partial charge in [0.15, 0.2) is 10.3 Å². The van der Waals surface area contributed by atoms with Crippen molar-refractivity contribution in [3.63, 3.8) is 0 Å². The van der Waals surface area contributed by atoms with Gasteiger partial charge in [-0.2, -0.15) is 0 Å². The molecule has 3 rings (SSSR count). The highest BCUT2D eigenvalue weighted by atomic mass is 32.1. The molecule has 1 fully saturated rings. The Morgan fingerprint density at radius 1 is 1.43 bits per heavy atom. The van der Waals surface area contributed by atoms with E-state index >= 15 is 0 Å². The average molecular weight is 323 g/mol. The monoisotopic (exact) mass is 323 g/mol. The molecule has 2 aromatic heterocycles. The van der Waals surface area contributed by atoms with E-state index in [9.17, 15) is 4.79 Å². The molecule has 0 aromatic carbocycles. The molecule has 0 unspecified atom stereocenters. The molecule has 2 aromatic rings. The Bertz CT molecular complexity index is 647. The summed E-state index contributed by atoms with van der Waals surface area (Å²) >= 11 is 2.72. The molecule has 1 amide bonds. The maximum Gasteiger partial charge on any atom is 0.271 e. The molecule has 1 aliphatic rings. The van der Waals surface area contributed by atoms with Gasteiger partial charge in [0.1, 0.15) is 10.7 Å². The van der Waals surface area contributed by atoms with Gasteiger partial charge in [0, 0.05) is 17.8 Å². The number of hydrogen-bond donors (Lipinski definition) is 3. The van der Waals surface area contributed by atoms with Gasteiger partial charge in [-0.25, -0.2) is 9.97 Å². The van der Waals surface area contributed by atoms with Crippen molar-refractivity contribution >= 4 is 44.7 Å². The third-order valence-electron chi connectivity index (χ3n) is 3.12. The zero-order chi connectivity index (χ0) is 14.8. The molecule has 2 heterocycles. The van der Waals surface area contributed by atoms with Crippen molar-refractivity contribution in [2.75, 3.05) is 22.9 Å². The first-order chi connectivity index (χ1) is 10.2. The average Bonchev–Trinajstić information content (AvgIpc) is 3.10. The lowest BCUT2D eigenvalue weighted by molar-refractivity contribution is 0.103. The highest BCUT2D eigenvalue weighted by molar-refractivity contribution is 7.18. The smallest absolute Gasteiger partial charge is 0.271 e. The van der Waals surface area contributed by atoms with E-state index < -0.39 is 0 Å². The Labute approximate surface area is 130 Å². The second-order valence-corrected chi connectivity index (χ2v) is 6.82. The van der Waals surface area contributed by atoms with Crippen molar-refractivity contribution in [2.24, 2.45) is 0 Å². The number of rotatable bonds is 6. The fourth-order valence-electron chi connectivity index (χ4n) is 1.87. The maximum absolute atomic E-state index is 12.2. The Kier molecular flexibility index (Phi) is 4.07. The molecule has 0 radical (unpaired) electrons. The summed E-state index contributed by atoms with van der Waals surface area (Å²) < 4.78 is 0. The van der Waals surface area contributed by atoms with Crippen LogP contribution in [-0.4, -0.2) is 22.4 Å². The lowest BCUT2D eigenvalue weighted by Gasteiger charge is -1.99. The normalized spacial score (nSPS) is 14.1. The van der Waals surface area contributed by atoms with Crippen molar-refractivity contribution in [1.82, 2.24) is 9.97 Å². The van der Waals surface area contributed by atoms with E-state index in [4.69, 9.17) is 5.73 Å². The van der Waals surface area contributed by atoms with Crippen LogP contribution in [0.15, 0.2) is 5.38 Å². The largest absolute Gasteiger partial charge is 0.382 e. The summed E-state index contributed by atoms with van der Waals surface area (Å²) in [5.74, 6) is 0.603. The highest BCUT2D eigenvalue weighted by Gasteiger charge is 2.26. The summed E-state index contributed by atoms with van der Waals surface area (Å²) in [6.45, 7) is 2.88. The zero-order valence-corrected chi connectivity index (χ0v) is 13.3. The van der Waals surface area contributed by atoms with E-state index in [2.05, 4.69) is 27.5 Å². The van der Waals surface area contributed by atoms with Crippen LogP contribution in [0, 0.1) is 0 Å². The number of hydrogen-bond acceptors (Lipinski definition) is 7. The molecule has 112 valence electrons. The lowest BCUT2D eigenvalue weighted by Crippen LogP contribution is -2.12. The van der Waals surface area contributed by atoms with Crippen molar-refractivity contribution < 1.29 is 4.79 Å². The number of aromatic nitrogens is 2. The van der Waals surface area contributed by atoms with Crippen molar-refractivity contribution in [1.29, 1.82) is 0 Å². The summed E-state index contributed by atoms with van der Waals surface area (Å²) in [5, 5.41) is 9.25. The quantitative estimate of drug-likeness (QED) is 0.759. The molecule has 8 heteroatoms. The molecule has 1 saturated carbocycles. The molecule has 0 atom stereocenters. The topological polar surface area (TPSA) is 92.9 Å². The molecule has 0 aliphatic heterocycles. The number of thiazole rings is 2. The second kappa shape index (κ2) is 5.98. The predicted molar refractivity (Wildman–Crippen MR) is 87.3 cm³/mol. The Balaban J connectivity index is 1.67. The van der Waals surface area contributed by atoms with E-state index in [0.717, 1.165) is 18.7 Å². The first-order valence-corrected chi connectivity index (χ1v) is 8.64. The molecule has 0 saturated heterocycles. The van der Waals surface area contributed by atoms with Gasteiger partial charge in [0.2, 0.25) is 0 Å². The number of carbonyl (C=O) groups excluding carboxylic acids is 1. The minimum Gasteiger partial charge on any atom is -0.382 e. The van der Waals surface area contributed by atoms with Crippen LogP contribution >= 0.6 is 22.7 Å². The number of nitrogens with two attached hydrogens (primary N) is 1. The summed E-state index contributed by atoms with van der Waals surface area (Å²) in [4.78, 5) is 21.3. The summed E-state index contributed by atoms with van der Waals surface area (Å²) in [7, 11) is 0. The van der Waals surface area contributed by atoms with Crippen LogP contribution in [0.5, 0.6) is 0 Å². The minimum absolute atomic E-state index is 0.244. The van der Waals surface area contributed by atoms with Crippen molar-refractivity contribution in [3.8, 4) is 0 Å². The van der Waals surface area contributed by atoms with Gasteiger partial charge in [0.25, 0.3) is 5.91 Å². The first kappa shape index (κ1) is 14.3. The highest BCUT2D eigenvalue weighted by Crippen LogP contribution is 2.41. The van der Waals surface area contributed by atoms with Crippen LogP contribution in [0.3, 0.4) is 0 Å². The summed E-state index contributed by atoms with van der Waals surface area (Å²) in [6.07, 6.45) is 3.39. The summed E-state index contributed by atoms with van der Waals surface area (Å²) in [5.41, 5.74) is 6.89. The van der Waals surface area contributed by atoms with Gasteiger partial charge in [-0.05, 0) is 19.3 Å². The van der Waals surface area contributed by atoms with Gasteiger partial charge in [-0.3, -0.25) is 10.1 Å². The van der Waals surface area contributed by atoms with Crippen LogP contribution < -0.4 is 16.4 Å². The number of nitrogens with zero attached hydrogens (tertiary/aromatic N) is 2. The van der Waals surface area contributed by atoms with E-state index in [1.165, 1.54) is 35.5 Å². The number of nitrogen functional groups attached to an aromatic ring is 1. The van der Waals surface area contributed by atoms with Crippen LogP contribution in [0.4, 0.5) is 16.1 Å². The van der Waals surface area contributed by atoms with Gasteiger partial charge in [-0.1, -0.05) is 18.3 Å². The van der Waals surface area contributed by atoms with Crippen LogP contribution in [0.1, 0.15) is 47.5 Å². The third-order valence-corrected chi connectivity index (χ3v) is 4.93. The zero-order valence-electron chi connectivity index (χ0n) is 11.7. The molecule has 6 nitrogen and oxygen atoms in total. The molecule has 4 N–H and O–H groups in total. The standard InChI is InChI=1S/C13H17N5OS2/c1-2-5-15-12-17-10(14)9(21-12)11(19)18-13-16-8(6-20-13)7-3-4-7/h6-7H,2-5,14H2,1H3,(H,15,17)(H,16,18,19). The number of anilines is 3. The van der Waals surface area contributed by atoms with E-state index in [0.29, 0.717) is 21.1 Å². The third kappa shape index (κ3) is 3.33. The fourth-order valence-corrected chi connectivity index (χ4v) is 3.46. The SMILES string of the molecule is CCCNc1nc(N)c(C(=O)Nc2nc(C3CC3)cs2)s1. The second-order valence-electron chi connectivity index (χ2n) is 4.97. The maximum atomic E-state index is 12.2. The van der Waals surface area contributed by atoms with E-state index in [-0.39, 0.29) is 11.7 Å². The molecular formula is C13H17N5OS2. The number of nitrogens with one attached hydrogen (secondary N) is 2. The van der Waals surface area contributed by atoms with Crippen molar-refractivity contribution in [2.45, 2.75) is 32.1 Å². The van der Waals surface area contributed by atoms with E-state index in [1.807, 2.05) is 5.38 Å². The van der Waals surface area contributed by atoms with Gasteiger partial charge >= 0.3 is 0 Å². The van der Waals surface area contributed by atoms with Gasteiger partial charge < -0.3 is 11.1 Å². The van der Waals surface area contributed by atoms with Gasteiger partial charge in [0.05, 0.1) is 5.69 Å². The molecule has 0 bridgehead atoms. The molecule has 21 heavy (non-hydrogen) atoms. The van der Waals surface area contributed by atoms with Crippen molar-refractivity contribution in [3.05, 3.63) is 16.0 Å². The van der Waals surface area contributed by atoms with Crippen LogP contribution in [0.2, 0.25) is 0 Å². The minimum atomic E-state index is -0.244. The fraction of sp³-hybridized carbons (Fsp3) is 0.462. The summed E-state index contributed by atoms with van der Waals surface area (Å²) in [6, 6.07) is 0. The first-order valence-electron chi connectivity index (χ1n) is 6.94. The Hall–Kier alpha value is -1.67. The van der Waals surface area contributed by atoms with Gasteiger partial charge in [-0.15, -0.1) is 11.3 Å². The molecule has 1 aliphatic carbocycles. The number of amides is 1. The number of carbonyl (C=O) groups is 1. The Morgan fingerprint density at radius 3 is 2.95 bits per heavy atom. The predicted octanol–water partition coefficient (Wildman–Crippen LogP) is 3.13. The van der Waals surface area contributed by atoms with Crippen LogP contribution in [-0.2, 0) is 0 Å².